The lowest BCUT2D eigenvalue weighted by Crippen LogP contribution is -2.20. The molecule has 20 heavy (non-hydrogen) atoms. The predicted octanol–water partition coefficient (Wildman–Crippen LogP) is 1.96. The number of aromatic amines is 1. The van der Waals surface area contributed by atoms with Gasteiger partial charge in [-0.3, -0.25) is 10.1 Å². The number of likely N-dealkylation sites (N-methyl/N-ethyl adjacent to an activating group) is 1. The van der Waals surface area contributed by atoms with E-state index in [1.165, 1.54) is 6.07 Å². The molecule has 1 aromatic carbocycles. The van der Waals surface area contributed by atoms with Crippen molar-refractivity contribution in [2.75, 3.05) is 32.5 Å². The maximum atomic E-state index is 11.1. The maximum absolute atomic E-state index is 11.1. The van der Waals surface area contributed by atoms with E-state index < -0.39 is 4.92 Å². The Morgan fingerprint density at radius 3 is 2.85 bits per heavy atom. The first-order chi connectivity index (χ1) is 9.58. The molecule has 0 aliphatic carbocycles. The summed E-state index contributed by atoms with van der Waals surface area (Å²) in [6.45, 7) is 1.65. The number of hydrogen-bond acceptors (Lipinski definition) is 5. The van der Waals surface area contributed by atoms with Crippen molar-refractivity contribution in [3.63, 3.8) is 0 Å². The molecule has 0 aliphatic rings. The standard InChI is InChI=1S/C13H17N5O2/c1-17(2)8-7-14-10-3-4-12(18(19)20)11(9-10)13-15-5-6-16-13/h3-6,9,14H,7-8H2,1-2H3,(H,15,16). The number of nitrogens with one attached hydrogen (secondary N) is 2. The first-order valence-corrected chi connectivity index (χ1v) is 6.24. The predicted molar refractivity (Wildman–Crippen MR) is 77.7 cm³/mol. The lowest BCUT2D eigenvalue weighted by molar-refractivity contribution is -0.384. The zero-order valence-corrected chi connectivity index (χ0v) is 11.5. The van der Waals surface area contributed by atoms with Crippen LogP contribution >= 0.6 is 0 Å². The van der Waals surface area contributed by atoms with Crippen LogP contribution in [0.1, 0.15) is 0 Å². The molecule has 0 bridgehead atoms. The second kappa shape index (κ2) is 6.16. The minimum atomic E-state index is -0.401. The van der Waals surface area contributed by atoms with Crippen LogP contribution in [0.2, 0.25) is 0 Å². The number of H-pyrrole nitrogens is 1. The number of nitro benzene ring substituents is 1. The van der Waals surface area contributed by atoms with Crippen molar-refractivity contribution in [1.82, 2.24) is 14.9 Å². The Bertz CT molecular complexity index is 580. The maximum Gasteiger partial charge on any atom is 0.280 e. The van der Waals surface area contributed by atoms with Gasteiger partial charge in [-0.25, -0.2) is 4.98 Å². The Kier molecular flexibility index (Phi) is 4.31. The van der Waals surface area contributed by atoms with E-state index in [0.717, 1.165) is 18.8 Å². The van der Waals surface area contributed by atoms with Crippen LogP contribution in [0.4, 0.5) is 11.4 Å². The van der Waals surface area contributed by atoms with Crippen LogP contribution in [0.15, 0.2) is 30.6 Å². The summed E-state index contributed by atoms with van der Waals surface area (Å²) in [5.41, 5.74) is 1.36. The first kappa shape index (κ1) is 14.0. The van der Waals surface area contributed by atoms with Gasteiger partial charge in [0.15, 0.2) is 0 Å². The van der Waals surface area contributed by atoms with Gasteiger partial charge in [0.05, 0.1) is 10.5 Å². The number of benzene rings is 1. The van der Waals surface area contributed by atoms with Crippen molar-refractivity contribution in [3.05, 3.63) is 40.7 Å². The zero-order valence-electron chi connectivity index (χ0n) is 11.5. The van der Waals surface area contributed by atoms with Crippen molar-refractivity contribution in [3.8, 4) is 11.4 Å². The van der Waals surface area contributed by atoms with E-state index in [4.69, 9.17) is 0 Å². The van der Waals surface area contributed by atoms with Crippen LogP contribution in [-0.4, -0.2) is 47.0 Å². The summed E-state index contributed by atoms with van der Waals surface area (Å²) in [5, 5.41) is 14.3. The molecule has 0 unspecified atom stereocenters. The molecule has 0 saturated heterocycles. The number of anilines is 1. The van der Waals surface area contributed by atoms with Crippen LogP contribution in [-0.2, 0) is 0 Å². The van der Waals surface area contributed by atoms with Crippen LogP contribution < -0.4 is 5.32 Å². The van der Waals surface area contributed by atoms with Gasteiger partial charge in [-0.1, -0.05) is 0 Å². The van der Waals surface area contributed by atoms with Crippen molar-refractivity contribution in [1.29, 1.82) is 0 Å². The number of nitrogens with zero attached hydrogens (tertiary/aromatic N) is 3. The molecule has 2 N–H and O–H groups in total. The highest BCUT2D eigenvalue weighted by Gasteiger charge is 2.17. The number of aromatic nitrogens is 2. The highest BCUT2D eigenvalue weighted by molar-refractivity contribution is 5.72. The van der Waals surface area contributed by atoms with Crippen molar-refractivity contribution >= 4 is 11.4 Å². The SMILES string of the molecule is CN(C)CCNc1ccc([N+](=O)[O-])c(-c2ncc[nH]2)c1. The Labute approximate surface area is 116 Å². The molecule has 0 radical (unpaired) electrons. The normalized spacial score (nSPS) is 10.8. The highest BCUT2D eigenvalue weighted by Crippen LogP contribution is 2.30. The summed E-state index contributed by atoms with van der Waals surface area (Å²) in [6.07, 6.45) is 3.22. The quantitative estimate of drug-likeness (QED) is 0.621. The van der Waals surface area contributed by atoms with E-state index >= 15 is 0 Å². The van der Waals surface area contributed by atoms with Gasteiger partial charge >= 0.3 is 0 Å². The topological polar surface area (TPSA) is 87.1 Å². The van der Waals surface area contributed by atoms with E-state index in [1.807, 2.05) is 14.1 Å². The van der Waals surface area contributed by atoms with E-state index in [1.54, 1.807) is 24.5 Å². The smallest absolute Gasteiger partial charge is 0.280 e. The summed E-state index contributed by atoms with van der Waals surface area (Å²) in [6, 6.07) is 4.95. The van der Waals surface area contributed by atoms with Gasteiger partial charge in [-0.05, 0) is 26.2 Å². The fourth-order valence-corrected chi connectivity index (χ4v) is 1.83. The van der Waals surface area contributed by atoms with Crippen LogP contribution in [0.25, 0.3) is 11.4 Å². The molecule has 7 heteroatoms. The van der Waals surface area contributed by atoms with Crippen LogP contribution in [0.5, 0.6) is 0 Å². The number of hydrogen-bond donors (Lipinski definition) is 2. The summed E-state index contributed by atoms with van der Waals surface area (Å²) < 4.78 is 0. The van der Waals surface area contributed by atoms with Gasteiger partial charge in [0.25, 0.3) is 5.69 Å². The largest absolute Gasteiger partial charge is 0.384 e. The fraction of sp³-hybridized carbons (Fsp3) is 0.308. The Morgan fingerprint density at radius 1 is 1.45 bits per heavy atom. The van der Waals surface area contributed by atoms with Crippen LogP contribution in [0, 0.1) is 10.1 Å². The van der Waals surface area contributed by atoms with E-state index in [-0.39, 0.29) is 5.69 Å². The highest BCUT2D eigenvalue weighted by atomic mass is 16.6. The molecule has 106 valence electrons. The minimum absolute atomic E-state index is 0.0399. The van der Waals surface area contributed by atoms with Gasteiger partial charge < -0.3 is 15.2 Å². The van der Waals surface area contributed by atoms with Gasteiger partial charge in [-0.15, -0.1) is 0 Å². The molecule has 1 aromatic heterocycles. The molecule has 7 nitrogen and oxygen atoms in total. The van der Waals surface area contributed by atoms with E-state index in [0.29, 0.717) is 11.4 Å². The van der Waals surface area contributed by atoms with Crippen molar-refractivity contribution in [2.24, 2.45) is 0 Å². The first-order valence-electron chi connectivity index (χ1n) is 6.24. The Hall–Kier alpha value is -2.41. The second-order valence-electron chi connectivity index (χ2n) is 4.66. The molecular weight excluding hydrogens is 258 g/mol. The molecule has 0 atom stereocenters. The lowest BCUT2D eigenvalue weighted by Gasteiger charge is -2.12. The number of nitro groups is 1. The third-order valence-corrected chi connectivity index (χ3v) is 2.83. The molecule has 2 rings (SSSR count). The van der Waals surface area contributed by atoms with Crippen molar-refractivity contribution in [2.45, 2.75) is 0 Å². The molecule has 0 fully saturated rings. The third-order valence-electron chi connectivity index (χ3n) is 2.83. The van der Waals surface area contributed by atoms with Gasteiger partial charge in [0, 0.05) is 37.2 Å². The monoisotopic (exact) mass is 275 g/mol. The minimum Gasteiger partial charge on any atom is -0.384 e. The average molecular weight is 275 g/mol. The number of imidazole rings is 1. The van der Waals surface area contributed by atoms with Crippen LogP contribution in [0.3, 0.4) is 0 Å². The second-order valence-corrected chi connectivity index (χ2v) is 4.66. The Morgan fingerprint density at radius 2 is 2.25 bits per heavy atom. The molecule has 0 amide bonds. The van der Waals surface area contributed by atoms with Gasteiger partial charge in [-0.2, -0.15) is 0 Å². The average Bonchev–Trinajstić information content (AvgIpc) is 2.91. The van der Waals surface area contributed by atoms with Crippen molar-refractivity contribution < 1.29 is 4.92 Å². The summed E-state index contributed by atoms with van der Waals surface area (Å²) in [7, 11) is 3.98. The summed E-state index contributed by atoms with van der Waals surface area (Å²) in [4.78, 5) is 19.7. The molecule has 0 spiro atoms. The van der Waals surface area contributed by atoms with E-state index in [9.17, 15) is 10.1 Å². The lowest BCUT2D eigenvalue weighted by atomic mass is 10.1. The van der Waals surface area contributed by atoms with Gasteiger partial charge in [0.1, 0.15) is 5.82 Å². The van der Waals surface area contributed by atoms with Gasteiger partial charge in [0.2, 0.25) is 0 Å². The fourth-order valence-electron chi connectivity index (χ4n) is 1.83. The molecule has 0 saturated carbocycles. The molecule has 1 heterocycles. The molecular formula is C13H17N5O2. The third kappa shape index (κ3) is 3.33. The number of rotatable bonds is 6. The summed E-state index contributed by atoms with van der Waals surface area (Å²) >= 11 is 0. The summed E-state index contributed by atoms with van der Waals surface area (Å²) in [5.74, 6) is 0.493. The Balaban J connectivity index is 2.25. The molecule has 0 aliphatic heterocycles. The zero-order chi connectivity index (χ0) is 14.5. The molecule has 2 aromatic rings. The van der Waals surface area contributed by atoms with E-state index in [2.05, 4.69) is 20.2 Å².